The van der Waals surface area contributed by atoms with E-state index in [1.54, 1.807) is 37.8 Å². The fourth-order valence-electron chi connectivity index (χ4n) is 2.54. The van der Waals surface area contributed by atoms with E-state index < -0.39 is 12.0 Å². The number of anilines is 2. The standard InChI is InChI=1S/C16H14N6O4/c1-21-8-11(13(20-21)22-6-7-25-16(22)24)18-14(23)12-9-26-15(19-12)10-2-4-17-5-3-10/h2-5,8-9H,6-7H2,1H3,(H,18,23). The van der Waals surface area contributed by atoms with Gasteiger partial charge in [-0.3, -0.25) is 19.4 Å². The first-order valence-corrected chi connectivity index (χ1v) is 7.77. The predicted molar refractivity (Wildman–Crippen MR) is 89.6 cm³/mol. The third-order valence-corrected chi connectivity index (χ3v) is 3.74. The zero-order valence-electron chi connectivity index (χ0n) is 13.7. The Kier molecular flexibility index (Phi) is 3.84. The summed E-state index contributed by atoms with van der Waals surface area (Å²) in [6, 6.07) is 3.46. The molecule has 26 heavy (non-hydrogen) atoms. The fraction of sp³-hybridized carbons (Fsp3) is 0.188. The molecule has 132 valence electrons. The Morgan fingerprint density at radius 1 is 1.31 bits per heavy atom. The molecule has 0 bridgehead atoms. The first-order chi connectivity index (χ1) is 12.6. The van der Waals surface area contributed by atoms with Gasteiger partial charge in [-0.05, 0) is 12.1 Å². The van der Waals surface area contributed by atoms with Gasteiger partial charge >= 0.3 is 6.09 Å². The number of carbonyl (C=O) groups is 2. The van der Waals surface area contributed by atoms with Crippen molar-refractivity contribution in [2.75, 3.05) is 23.4 Å². The molecule has 1 fully saturated rings. The van der Waals surface area contributed by atoms with Crippen molar-refractivity contribution in [1.82, 2.24) is 19.7 Å². The van der Waals surface area contributed by atoms with Crippen LogP contribution in [0.1, 0.15) is 10.5 Å². The summed E-state index contributed by atoms with van der Waals surface area (Å²) in [5.74, 6) is 0.157. The van der Waals surface area contributed by atoms with Gasteiger partial charge in [0.2, 0.25) is 5.89 Å². The van der Waals surface area contributed by atoms with Gasteiger partial charge in [0.15, 0.2) is 11.5 Å². The molecule has 4 rings (SSSR count). The Labute approximate surface area is 147 Å². The van der Waals surface area contributed by atoms with Crippen molar-refractivity contribution in [3.05, 3.63) is 42.7 Å². The molecule has 0 spiro atoms. The van der Waals surface area contributed by atoms with Crippen molar-refractivity contribution < 1.29 is 18.7 Å². The van der Waals surface area contributed by atoms with Gasteiger partial charge in [-0.2, -0.15) is 5.10 Å². The summed E-state index contributed by atoms with van der Waals surface area (Å²) in [6.07, 6.45) is 5.58. The average Bonchev–Trinajstić information content (AvgIpc) is 3.36. The van der Waals surface area contributed by atoms with Crippen LogP contribution in [0.25, 0.3) is 11.5 Å². The minimum absolute atomic E-state index is 0.107. The topological polar surface area (TPSA) is 115 Å². The van der Waals surface area contributed by atoms with Crippen LogP contribution in [0, 0.1) is 0 Å². The SMILES string of the molecule is Cn1cc(NC(=O)c2coc(-c3ccncc3)n2)c(N2CCOC2=O)n1. The molecule has 3 aromatic heterocycles. The van der Waals surface area contributed by atoms with Crippen molar-refractivity contribution in [2.24, 2.45) is 7.05 Å². The normalized spacial score (nSPS) is 13.7. The molecule has 2 amide bonds. The highest BCUT2D eigenvalue weighted by molar-refractivity contribution is 6.05. The van der Waals surface area contributed by atoms with Crippen LogP contribution in [0.15, 0.2) is 41.4 Å². The van der Waals surface area contributed by atoms with E-state index in [4.69, 9.17) is 9.15 Å². The van der Waals surface area contributed by atoms with Crippen LogP contribution in [-0.2, 0) is 11.8 Å². The Morgan fingerprint density at radius 3 is 2.85 bits per heavy atom. The van der Waals surface area contributed by atoms with Gasteiger partial charge in [-0.1, -0.05) is 0 Å². The Bertz CT molecular complexity index is 964. The average molecular weight is 354 g/mol. The summed E-state index contributed by atoms with van der Waals surface area (Å²) < 4.78 is 11.8. The van der Waals surface area contributed by atoms with E-state index >= 15 is 0 Å². The third kappa shape index (κ3) is 2.88. The number of nitrogens with zero attached hydrogens (tertiary/aromatic N) is 5. The number of cyclic esters (lactones) is 1. The van der Waals surface area contributed by atoms with Crippen LogP contribution >= 0.6 is 0 Å². The summed E-state index contributed by atoms with van der Waals surface area (Å²) in [6.45, 7) is 0.649. The van der Waals surface area contributed by atoms with Crippen LogP contribution in [0.5, 0.6) is 0 Å². The number of hydrogen-bond acceptors (Lipinski definition) is 7. The number of carbonyl (C=O) groups excluding carboxylic acids is 2. The van der Waals surface area contributed by atoms with Crippen molar-refractivity contribution in [3.63, 3.8) is 0 Å². The Hall–Kier alpha value is -3.69. The second-order valence-electron chi connectivity index (χ2n) is 5.53. The van der Waals surface area contributed by atoms with Gasteiger partial charge in [-0.25, -0.2) is 9.78 Å². The molecule has 0 aliphatic carbocycles. The van der Waals surface area contributed by atoms with E-state index in [0.717, 1.165) is 0 Å². The molecule has 1 aliphatic rings. The van der Waals surface area contributed by atoms with E-state index in [9.17, 15) is 9.59 Å². The van der Waals surface area contributed by atoms with Crippen molar-refractivity contribution in [2.45, 2.75) is 0 Å². The second kappa shape index (κ2) is 6.31. The van der Waals surface area contributed by atoms with E-state index in [0.29, 0.717) is 29.5 Å². The molecule has 1 saturated heterocycles. The molecule has 0 atom stereocenters. The smallest absolute Gasteiger partial charge is 0.415 e. The number of oxazole rings is 1. The molecule has 3 aromatic rings. The van der Waals surface area contributed by atoms with Crippen LogP contribution in [-0.4, -0.2) is 44.9 Å². The maximum atomic E-state index is 12.5. The number of amides is 2. The van der Waals surface area contributed by atoms with Gasteiger partial charge in [0.25, 0.3) is 5.91 Å². The van der Waals surface area contributed by atoms with Gasteiger partial charge in [0.05, 0.1) is 12.7 Å². The molecule has 0 unspecified atom stereocenters. The quantitative estimate of drug-likeness (QED) is 0.758. The number of nitrogens with one attached hydrogen (secondary N) is 1. The number of aryl methyl sites for hydroxylation is 1. The maximum absolute atomic E-state index is 12.5. The summed E-state index contributed by atoms with van der Waals surface area (Å²) in [4.78, 5) is 33.7. The molecule has 10 heteroatoms. The van der Waals surface area contributed by atoms with Gasteiger partial charge < -0.3 is 14.5 Å². The van der Waals surface area contributed by atoms with Crippen LogP contribution in [0.2, 0.25) is 0 Å². The molecule has 10 nitrogen and oxygen atoms in total. The number of ether oxygens (including phenoxy) is 1. The van der Waals surface area contributed by atoms with Crippen molar-refractivity contribution in [3.8, 4) is 11.5 Å². The highest BCUT2D eigenvalue weighted by Gasteiger charge is 2.29. The minimum atomic E-state index is -0.499. The summed E-state index contributed by atoms with van der Waals surface area (Å²) in [5, 5.41) is 6.92. The van der Waals surface area contributed by atoms with Crippen LogP contribution in [0.3, 0.4) is 0 Å². The highest BCUT2D eigenvalue weighted by atomic mass is 16.6. The van der Waals surface area contributed by atoms with Gasteiger partial charge in [-0.15, -0.1) is 0 Å². The third-order valence-electron chi connectivity index (χ3n) is 3.74. The minimum Gasteiger partial charge on any atom is -0.447 e. The van der Waals surface area contributed by atoms with E-state index in [1.165, 1.54) is 15.8 Å². The first kappa shape index (κ1) is 15.8. The number of rotatable bonds is 4. The first-order valence-electron chi connectivity index (χ1n) is 7.77. The van der Waals surface area contributed by atoms with Crippen molar-refractivity contribution >= 4 is 23.5 Å². The summed E-state index contributed by atoms with van der Waals surface area (Å²) >= 11 is 0. The lowest BCUT2D eigenvalue weighted by atomic mass is 10.3. The summed E-state index contributed by atoms with van der Waals surface area (Å²) in [5.41, 5.74) is 1.20. The number of pyridine rings is 1. The largest absolute Gasteiger partial charge is 0.447 e. The maximum Gasteiger partial charge on any atom is 0.415 e. The Morgan fingerprint density at radius 2 is 2.12 bits per heavy atom. The van der Waals surface area contributed by atoms with Crippen LogP contribution in [0.4, 0.5) is 16.3 Å². The predicted octanol–water partition coefficient (Wildman–Crippen LogP) is 1.68. The lowest BCUT2D eigenvalue weighted by Gasteiger charge is -2.11. The second-order valence-corrected chi connectivity index (χ2v) is 5.53. The van der Waals surface area contributed by atoms with E-state index in [1.807, 2.05) is 0 Å². The van der Waals surface area contributed by atoms with Gasteiger partial charge in [0, 0.05) is 25.0 Å². The zero-order valence-corrected chi connectivity index (χ0v) is 13.7. The highest BCUT2D eigenvalue weighted by Crippen LogP contribution is 2.27. The molecule has 1 aliphatic heterocycles. The molecule has 0 aromatic carbocycles. The Balaban J connectivity index is 1.56. The number of aromatic nitrogens is 4. The monoisotopic (exact) mass is 354 g/mol. The fourth-order valence-corrected chi connectivity index (χ4v) is 2.54. The molecular weight excluding hydrogens is 340 g/mol. The molecular formula is C16H14N6O4. The number of hydrogen-bond donors (Lipinski definition) is 1. The van der Waals surface area contributed by atoms with Gasteiger partial charge in [0.1, 0.15) is 18.6 Å². The van der Waals surface area contributed by atoms with E-state index in [-0.39, 0.29) is 12.3 Å². The molecule has 0 radical (unpaired) electrons. The lowest BCUT2D eigenvalue weighted by molar-refractivity contribution is 0.102. The summed E-state index contributed by atoms with van der Waals surface area (Å²) in [7, 11) is 1.69. The van der Waals surface area contributed by atoms with Crippen molar-refractivity contribution in [1.29, 1.82) is 0 Å². The lowest BCUT2D eigenvalue weighted by Crippen LogP contribution is -2.25. The van der Waals surface area contributed by atoms with E-state index in [2.05, 4.69) is 20.4 Å². The molecule has 1 N–H and O–H groups in total. The zero-order chi connectivity index (χ0) is 18.1. The van der Waals surface area contributed by atoms with Crippen LogP contribution < -0.4 is 10.2 Å². The molecule has 0 saturated carbocycles. The molecule has 4 heterocycles.